The molecule has 0 rings (SSSR count). The maximum Gasteiger partial charge on any atom is 0.306 e. The minimum atomic E-state index is -0.812. The summed E-state index contributed by atoms with van der Waals surface area (Å²) < 4.78 is 16.9. The van der Waals surface area contributed by atoms with E-state index in [-0.39, 0.29) is 37.5 Å². The van der Waals surface area contributed by atoms with Gasteiger partial charge < -0.3 is 14.2 Å². The summed E-state index contributed by atoms with van der Waals surface area (Å²) in [6.45, 7) is 6.37. The van der Waals surface area contributed by atoms with Crippen LogP contribution in [0.15, 0.2) is 134 Å². The van der Waals surface area contributed by atoms with E-state index in [0.717, 1.165) is 116 Å². The second-order valence-corrected chi connectivity index (χ2v) is 22.7. The predicted octanol–water partition coefficient (Wildman–Crippen LogP) is 24.1. The topological polar surface area (TPSA) is 78.9 Å². The zero-order chi connectivity index (χ0) is 59.9. The van der Waals surface area contributed by atoms with E-state index in [1.807, 2.05) is 0 Å². The molecule has 0 heterocycles. The monoisotopic (exact) mass is 1150 g/mol. The van der Waals surface area contributed by atoms with E-state index in [9.17, 15) is 14.4 Å². The van der Waals surface area contributed by atoms with E-state index in [4.69, 9.17) is 14.2 Å². The summed E-state index contributed by atoms with van der Waals surface area (Å²) in [4.78, 5) is 38.4. The van der Waals surface area contributed by atoms with Gasteiger partial charge in [-0.15, -0.1) is 0 Å². The Morgan fingerprint density at radius 1 is 0.253 bits per heavy atom. The van der Waals surface area contributed by atoms with Crippen molar-refractivity contribution in [3.05, 3.63) is 134 Å². The van der Waals surface area contributed by atoms with Gasteiger partial charge in [-0.25, -0.2) is 0 Å². The fourth-order valence-corrected chi connectivity index (χ4v) is 9.50. The molecular formula is C77H128O6. The molecule has 6 heteroatoms. The lowest BCUT2D eigenvalue weighted by atomic mass is 10.0. The Balaban J connectivity index is 4.40. The first-order valence-electron chi connectivity index (χ1n) is 34.7. The van der Waals surface area contributed by atoms with Gasteiger partial charge in [-0.05, 0) is 128 Å². The summed E-state index contributed by atoms with van der Waals surface area (Å²) in [5.74, 6) is -0.963. The third-order valence-electron chi connectivity index (χ3n) is 14.6. The van der Waals surface area contributed by atoms with Crippen molar-refractivity contribution in [2.45, 2.75) is 322 Å². The molecule has 0 amide bonds. The molecule has 6 nitrogen and oxygen atoms in total. The molecule has 0 spiro atoms. The molecular weight excluding hydrogens is 1020 g/mol. The average molecular weight is 1150 g/mol. The third kappa shape index (κ3) is 68.2. The Hall–Kier alpha value is -4.45. The van der Waals surface area contributed by atoms with Crippen LogP contribution < -0.4 is 0 Å². The van der Waals surface area contributed by atoms with E-state index < -0.39 is 6.10 Å². The number of esters is 3. The second-order valence-electron chi connectivity index (χ2n) is 22.7. The largest absolute Gasteiger partial charge is 0.462 e. The van der Waals surface area contributed by atoms with Gasteiger partial charge in [-0.2, -0.15) is 0 Å². The molecule has 472 valence electrons. The molecule has 83 heavy (non-hydrogen) atoms. The van der Waals surface area contributed by atoms with Crippen molar-refractivity contribution in [3.8, 4) is 0 Å². The van der Waals surface area contributed by atoms with Gasteiger partial charge in [-0.1, -0.05) is 302 Å². The molecule has 0 aromatic rings. The van der Waals surface area contributed by atoms with Crippen LogP contribution >= 0.6 is 0 Å². The normalized spacial score (nSPS) is 13.0. The Kier molecular flexibility index (Phi) is 66.3. The lowest BCUT2D eigenvalue weighted by molar-refractivity contribution is -0.167. The Labute approximate surface area is 513 Å². The lowest BCUT2D eigenvalue weighted by Crippen LogP contribution is -2.30. The van der Waals surface area contributed by atoms with Gasteiger partial charge in [0.25, 0.3) is 0 Å². The Bertz CT molecular complexity index is 1750. The minimum Gasteiger partial charge on any atom is -0.462 e. The zero-order valence-electron chi connectivity index (χ0n) is 54.2. The van der Waals surface area contributed by atoms with Crippen LogP contribution in [0.3, 0.4) is 0 Å². The van der Waals surface area contributed by atoms with Crippen LogP contribution in [0, 0.1) is 0 Å². The third-order valence-corrected chi connectivity index (χ3v) is 14.6. The summed E-state index contributed by atoms with van der Waals surface area (Å²) in [5, 5.41) is 0. The maximum atomic E-state index is 13.0. The summed E-state index contributed by atoms with van der Waals surface area (Å²) in [5.41, 5.74) is 0. The number of allylic oxidation sites excluding steroid dienone is 22. The first-order valence-corrected chi connectivity index (χ1v) is 34.7. The Morgan fingerprint density at radius 3 is 0.783 bits per heavy atom. The van der Waals surface area contributed by atoms with Gasteiger partial charge >= 0.3 is 17.9 Å². The van der Waals surface area contributed by atoms with E-state index in [1.54, 1.807) is 0 Å². The van der Waals surface area contributed by atoms with Crippen molar-refractivity contribution in [2.24, 2.45) is 0 Å². The van der Waals surface area contributed by atoms with Crippen molar-refractivity contribution in [1.29, 1.82) is 0 Å². The van der Waals surface area contributed by atoms with Gasteiger partial charge in [0.2, 0.25) is 0 Å². The summed E-state index contributed by atoms with van der Waals surface area (Å²) in [7, 11) is 0. The lowest BCUT2D eigenvalue weighted by Gasteiger charge is -2.18. The van der Waals surface area contributed by atoms with Crippen LogP contribution in [0.2, 0.25) is 0 Å². The summed E-state index contributed by atoms with van der Waals surface area (Å²) >= 11 is 0. The quantitative estimate of drug-likeness (QED) is 0.0261. The average Bonchev–Trinajstić information content (AvgIpc) is 3.50. The van der Waals surface area contributed by atoms with Crippen LogP contribution in [0.25, 0.3) is 0 Å². The highest BCUT2D eigenvalue weighted by Gasteiger charge is 2.19. The molecule has 0 saturated heterocycles. The number of hydrogen-bond acceptors (Lipinski definition) is 6. The molecule has 0 aromatic heterocycles. The van der Waals surface area contributed by atoms with Gasteiger partial charge in [0.05, 0.1) is 0 Å². The standard InChI is InChI=1S/C77H128O6/c1-4-7-10-13-16-19-22-25-28-31-33-35-36-37-38-39-40-42-43-46-49-52-55-58-61-64-67-70-76(79)82-73-74(72-81-75(78)69-66-63-60-57-54-51-48-45-30-27-24-21-18-15-12-9-6-3)83-77(80)71-68-65-62-59-56-53-50-47-44-41-34-32-29-26-23-20-17-14-11-8-5-2/h8-9,11-12,17-18,20-22,25-27,29-31,33-34,41,48,51,57,60,74H,4-7,10,13-16,19,23-24,28,32,35-40,42-47,49-50,52-56,58-59,61-73H2,1-3H3/b11-8-,12-9-,20-17-,21-18-,25-22-,29-26-,30-27-,33-31-,41-34-,51-48-,60-57-. The predicted molar refractivity (Wildman–Crippen MR) is 362 cm³/mol. The molecule has 0 saturated carbocycles. The molecule has 0 aliphatic carbocycles. The molecule has 1 atom stereocenters. The van der Waals surface area contributed by atoms with Crippen molar-refractivity contribution < 1.29 is 28.6 Å². The molecule has 1 unspecified atom stereocenters. The zero-order valence-corrected chi connectivity index (χ0v) is 54.2. The SMILES string of the molecule is CC/C=C\C/C=C\C/C=C\C/C=C\C/C=C\CCCC(=O)OCC(COC(=O)CCCCCCCCCCCCCCCCC/C=C\C/C=C\CCCCCCC)OC(=O)CCCCCCCCCC/C=C\C/C=C\C/C=C\C/C=C\CC. The van der Waals surface area contributed by atoms with Gasteiger partial charge in [0.1, 0.15) is 13.2 Å². The smallest absolute Gasteiger partial charge is 0.306 e. The van der Waals surface area contributed by atoms with Crippen LogP contribution in [0.4, 0.5) is 0 Å². The van der Waals surface area contributed by atoms with E-state index in [2.05, 4.69) is 154 Å². The van der Waals surface area contributed by atoms with E-state index >= 15 is 0 Å². The molecule has 0 aliphatic heterocycles. The van der Waals surface area contributed by atoms with Crippen molar-refractivity contribution >= 4 is 17.9 Å². The molecule has 0 fully saturated rings. The minimum absolute atomic E-state index is 0.101. The second kappa shape index (κ2) is 70.0. The van der Waals surface area contributed by atoms with Crippen molar-refractivity contribution in [1.82, 2.24) is 0 Å². The number of carbonyl (C=O) groups is 3. The van der Waals surface area contributed by atoms with Gasteiger partial charge in [0.15, 0.2) is 6.10 Å². The molecule has 0 bridgehead atoms. The van der Waals surface area contributed by atoms with Crippen LogP contribution in [-0.4, -0.2) is 37.2 Å². The van der Waals surface area contributed by atoms with Gasteiger partial charge in [-0.3, -0.25) is 14.4 Å². The molecule has 0 aromatic carbocycles. The number of unbranched alkanes of at least 4 members (excludes halogenated alkanes) is 29. The van der Waals surface area contributed by atoms with Crippen LogP contribution in [-0.2, 0) is 28.6 Å². The Morgan fingerprint density at radius 2 is 0.482 bits per heavy atom. The highest BCUT2D eigenvalue weighted by atomic mass is 16.6. The summed E-state index contributed by atoms with van der Waals surface area (Å²) in [6, 6.07) is 0. The summed E-state index contributed by atoms with van der Waals surface area (Å²) in [6.07, 6.45) is 99.1. The highest BCUT2D eigenvalue weighted by Crippen LogP contribution is 2.16. The van der Waals surface area contributed by atoms with E-state index in [1.165, 1.54) is 154 Å². The number of ether oxygens (including phenoxy) is 3. The number of hydrogen-bond donors (Lipinski definition) is 0. The van der Waals surface area contributed by atoms with E-state index in [0.29, 0.717) is 19.3 Å². The first kappa shape index (κ1) is 78.5. The fourth-order valence-electron chi connectivity index (χ4n) is 9.50. The fraction of sp³-hybridized carbons (Fsp3) is 0.675. The highest BCUT2D eigenvalue weighted by molar-refractivity contribution is 5.71. The van der Waals surface area contributed by atoms with Crippen molar-refractivity contribution in [2.75, 3.05) is 13.2 Å². The number of carbonyl (C=O) groups excluding carboxylic acids is 3. The molecule has 0 N–H and O–H groups in total. The number of rotatable bonds is 62. The first-order chi connectivity index (χ1) is 41.0. The van der Waals surface area contributed by atoms with Crippen LogP contribution in [0.1, 0.15) is 316 Å². The molecule has 0 radical (unpaired) electrons. The van der Waals surface area contributed by atoms with Gasteiger partial charge in [0, 0.05) is 19.3 Å². The van der Waals surface area contributed by atoms with Crippen LogP contribution in [0.5, 0.6) is 0 Å². The van der Waals surface area contributed by atoms with Crippen molar-refractivity contribution in [3.63, 3.8) is 0 Å². The maximum absolute atomic E-state index is 13.0. The molecule has 0 aliphatic rings.